The molecular formula is C12H11F3NO. The molecule has 0 atom stereocenters. The lowest BCUT2D eigenvalue weighted by Gasteiger charge is -2.14. The fourth-order valence-electron chi connectivity index (χ4n) is 1.70. The minimum atomic E-state index is -4.63. The van der Waals surface area contributed by atoms with Crippen LogP contribution < -0.4 is 10.1 Å². The summed E-state index contributed by atoms with van der Waals surface area (Å²) in [5.41, 5.74) is 2.05. The van der Waals surface area contributed by atoms with E-state index >= 15 is 0 Å². The van der Waals surface area contributed by atoms with Gasteiger partial charge in [-0.2, -0.15) is 0 Å². The van der Waals surface area contributed by atoms with Crippen molar-refractivity contribution in [3.05, 3.63) is 35.9 Å². The molecule has 0 amide bonds. The predicted octanol–water partition coefficient (Wildman–Crippen LogP) is 2.98. The molecule has 2 rings (SSSR count). The lowest BCUT2D eigenvalue weighted by Crippen LogP contribution is -2.17. The highest BCUT2D eigenvalue weighted by Gasteiger charge is 2.30. The minimum Gasteiger partial charge on any atom is -0.406 e. The van der Waals surface area contributed by atoms with E-state index in [9.17, 15) is 13.2 Å². The normalized spacial score (nSPS) is 16.5. The molecule has 1 aliphatic heterocycles. The van der Waals surface area contributed by atoms with Gasteiger partial charge in [0.2, 0.25) is 0 Å². The highest BCUT2D eigenvalue weighted by Crippen LogP contribution is 2.26. The van der Waals surface area contributed by atoms with Gasteiger partial charge in [0.05, 0.1) is 0 Å². The van der Waals surface area contributed by atoms with Crippen molar-refractivity contribution in [1.82, 2.24) is 5.32 Å². The molecule has 0 bridgehead atoms. The average Bonchev–Trinajstić information content (AvgIpc) is 2.29. The maximum Gasteiger partial charge on any atom is 0.573 e. The Morgan fingerprint density at radius 1 is 1.12 bits per heavy atom. The summed E-state index contributed by atoms with van der Waals surface area (Å²) in [4.78, 5) is 0. The quantitative estimate of drug-likeness (QED) is 0.782. The van der Waals surface area contributed by atoms with Crippen molar-refractivity contribution in [1.29, 1.82) is 0 Å². The number of halogens is 3. The standard InChI is InChI=1S/C12H11F3NO/c13-12(14,15)17-11-3-1-9(2-4-11)10-5-7-16-8-6-10/h1-5H,6-8H2. The van der Waals surface area contributed by atoms with E-state index in [-0.39, 0.29) is 5.75 Å². The van der Waals surface area contributed by atoms with Crippen LogP contribution in [0.1, 0.15) is 12.0 Å². The van der Waals surface area contributed by atoms with Gasteiger partial charge in [-0.15, -0.1) is 13.2 Å². The Bertz CT molecular complexity index is 409. The molecular weight excluding hydrogens is 231 g/mol. The van der Waals surface area contributed by atoms with Crippen LogP contribution in [-0.2, 0) is 0 Å². The van der Waals surface area contributed by atoms with Gasteiger partial charge >= 0.3 is 6.36 Å². The predicted molar refractivity (Wildman–Crippen MR) is 57.6 cm³/mol. The SMILES string of the molecule is FC(F)(F)Oc1ccc(C2=CC[N]CC2)cc1. The number of alkyl halides is 3. The van der Waals surface area contributed by atoms with E-state index in [1.165, 1.54) is 12.1 Å². The molecule has 0 unspecified atom stereocenters. The van der Waals surface area contributed by atoms with E-state index in [1.54, 1.807) is 12.1 Å². The van der Waals surface area contributed by atoms with Gasteiger partial charge in [0.1, 0.15) is 5.75 Å². The molecule has 0 saturated heterocycles. The summed E-state index contributed by atoms with van der Waals surface area (Å²) in [5.74, 6) is -0.192. The van der Waals surface area contributed by atoms with Gasteiger partial charge in [0.15, 0.2) is 0 Å². The van der Waals surface area contributed by atoms with Crippen molar-refractivity contribution in [2.75, 3.05) is 13.1 Å². The monoisotopic (exact) mass is 242 g/mol. The van der Waals surface area contributed by atoms with Crippen molar-refractivity contribution in [2.24, 2.45) is 0 Å². The first-order valence-electron chi connectivity index (χ1n) is 5.23. The fraction of sp³-hybridized carbons (Fsp3) is 0.333. The summed E-state index contributed by atoms with van der Waals surface area (Å²) < 4.78 is 39.7. The van der Waals surface area contributed by atoms with Gasteiger partial charge in [-0.1, -0.05) is 18.2 Å². The lowest BCUT2D eigenvalue weighted by atomic mass is 10.0. The smallest absolute Gasteiger partial charge is 0.406 e. The van der Waals surface area contributed by atoms with Crippen molar-refractivity contribution >= 4 is 5.57 Å². The first kappa shape index (κ1) is 12.0. The van der Waals surface area contributed by atoms with E-state index in [2.05, 4.69) is 10.1 Å². The van der Waals surface area contributed by atoms with Crippen LogP contribution in [0.4, 0.5) is 13.2 Å². The molecule has 17 heavy (non-hydrogen) atoms. The van der Waals surface area contributed by atoms with Crippen LogP contribution >= 0.6 is 0 Å². The largest absolute Gasteiger partial charge is 0.573 e. The van der Waals surface area contributed by atoms with Crippen molar-refractivity contribution in [2.45, 2.75) is 12.8 Å². The molecule has 0 aliphatic carbocycles. The molecule has 2 nitrogen and oxygen atoms in total. The third kappa shape index (κ3) is 3.49. The average molecular weight is 242 g/mol. The lowest BCUT2D eigenvalue weighted by molar-refractivity contribution is -0.274. The molecule has 1 aromatic rings. The fourth-order valence-corrected chi connectivity index (χ4v) is 1.70. The van der Waals surface area contributed by atoms with E-state index in [4.69, 9.17) is 0 Å². The van der Waals surface area contributed by atoms with E-state index in [0.29, 0.717) is 6.54 Å². The molecule has 0 N–H and O–H groups in total. The molecule has 91 valence electrons. The Hall–Kier alpha value is -1.49. The summed E-state index contributed by atoms with van der Waals surface area (Å²) in [7, 11) is 0. The summed E-state index contributed by atoms with van der Waals surface area (Å²) in [6, 6.07) is 5.93. The van der Waals surface area contributed by atoms with Crippen molar-refractivity contribution in [3.63, 3.8) is 0 Å². The Labute approximate surface area is 97.1 Å². The molecule has 0 aromatic heterocycles. The van der Waals surface area contributed by atoms with E-state index < -0.39 is 6.36 Å². The number of hydrogen-bond donors (Lipinski definition) is 0. The van der Waals surface area contributed by atoms with E-state index in [0.717, 1.165) is 24.1 Å². The highest BCUT2D eigenvalue weighted by molar-refractivity contribution is 5.67. The Morgan fingerprint density at radius 2 is 1.82 bits per heavy atom. The maximum absolute atomic E-state index is 12.0. The van der Waals surface area contributed by atoms with Crippen LogP contribution in [0, 0.1) is 0 Å². The summed E-state index contributed by atoms with van der Waals surface area (Å²) >= 11 is 0. The van der Waals surface area contributed by atoms with Gasteiger partial charge in [0.25, 0.3) is 0 Å². The van der Waals surface area contributed by atoms with Crippen molar-refractivity contribution in [3.8, 4) is 5.75 Å². The topological polar surface area (TPSA) is 23.3 Å². The number of nitrogens with zero attached hydrogens (tertiary/aromatic N) is 1. The molecule has 1 aromatic carbocycles. The Balaban J connectivity index is 2.10. The van der Waals surface area contributed by atoms with Crippen LogP contribution in [-0.4, -0.2) is 19.5 Å². The number of hydrogen-bond acceptors (Lipinski definition) is 1. The molecule has 5 heteroatoms. The molecule has 0 fully saturated rings. The molecule has 1 radical (unpaired) electrons. The summed E-state index contributed by atoms with van der Waals surface area (Å²) in [5, 5.41) is 4.17. The van der Waals surface area contributed by atoms with Crippen LogP contribution in [0.2, 0.25) is 0 Å². The first-order valence-corrected chi connectivity index (χ1v) is 5.23. The molecule has 1 aliphatic rings. The zero-order valence-electron chi connectivity index (χ0n) is 9.00. The third-order valence-electron chi connectivity index (χ3n) is 2.46. The van der Waals surface area contributed by atoms with Gasteiger partial charge in [-0.05, 0) is 29.7 Å². The number of ether oxygens (including phenoxy) is 1. The summed E-state index contributed by atoms with van der Waals surface area (Å²) in [6.07, 6.45) is -1.81. The highest BCUT2D eigenvalue weighted by atomic mass is 19.4. The van der Waals surface area contributed by atoms with Gasteiger partial charge in [0, 0.05) is 13.1 Å². The zero-order chi connectivity index (χ0) is 12.3. The Kier molecular flexibility index (Phi) is 3.38. The zero-order valence-corrected chi connectivity index (χ0v) is 9.00. The van der Waals surface area contributed by atoms with Crippen molar-refractivity contribution < 1.29 is 17.9 Å². The second kappa shape index (κ2) is 4.79. The second-order valence-corrected chi connectivity index (χ2v) is 3.68. The summed E-state index contributed by atoms with van der Waals surface area (Å²) in [6.45, 7) is 1.45. The van der Waals surface area contributed by atoms with Gasteiger partial charge < -0.3 is 4.74 Å². The number of benzene rings is 1. The second-order valence-electron chi connectivity index (χ2n) is 3.68. The number of rotatable bonds is 2. The van der Waals surface area contributed by atoms with Crippen LogP contribution in [0.3, 0.4) is 0 Å². The molecule has 0 spiro atoms. The Morgan fingerprint density at radius 3 is 2.35 bits per heavy atom. The van der Waals surface area contributed by atoms with E-state index in [1.807, 2.05) is 6.08 Å². The third-order valence-corrected chi connectivity index (χ3v) is 2.46. The molecule has 1 heterocycles. The van der Waals surface area contributed by atoms with Gasteiger partial charge in [-0.25, -0.2) is 5.32 Å². The van der Waals surface area contributed by atoms with Crippen LogP contribution in [0.15, 0.2) is 30.3 Å². The van der Waals surface area contributed by atoms with Crippen LogP contribution in [0.25, 0.3) is 5.57 Å². The van der Waals surface area contributed by atoms with Gasteiger partial charge in [-0.3, -0.25) is 0 Å². The minimum absolute atomic E-state index is 0.192. The first-order chi connectivity index (χ1) is 8.04. The van der Waals surface area contributed by atoms with Crippen LogP contribution in [0.5, 0.6) is 5.75 Å². The maximum atomic E-state index is 12.0. The molecule has 0 saturated carbocycles.